The minimum absolute atomic E-state index is 0.188. The molecular weight excluding hydrogens is 360 g/mol. The van der Waals surface area contributed by atoms with Crippen LogP contribution in [0.3, 0.4) is 0 Å². The van der Waals surface area contributed by atoms with Crippen LogP contribution in [0.4, 0.5) is 0 Å². The first-order valence-corrected chi connectivity index (χ1v) is 7.86. The molecule has 0 unspecified atom stereocenters. The van der Waals surface area contributed by atoms with E-state index in [1.165, 1.54) is 6.21 Å². The molecule has 0 atom stereocenters. The van der Waals surface area contributed by atoms with Crippen LogP contribution < -0.4 is 11.0 Å². The minimum atomic E-state index is -0.249. The lowest BCUT2D eigenvalue weighted by Crippen LogP contribution is -2.19. The van der Waals surface area contributed by atoms with Crippen molar-refractivity contribution in [2.45, 2.75) is 19.8 Å². The SMILES string of the molecule is Cc1[nH][nH]c(=O)c1CCC(=O)N/N=C/C(Br)=C/c1ccccc1. The maximum absolute atomic E-state index is 11.7. The highest BCUT2D eigenvalue weighted by Crippen LogP contribution is 2.09. The van der Waals surface area contributed by atoms with E-state index in [0.717, 1.165) is 15.7 Å². The molecule has 1 aromatic carbocycles. The number of hydrogen-bond acceptors (Lipinski definition) is 3. The van der Waals surface area contributed by atoms with Crippen LogP contribution >= 0.6 is 15.9 Å². The largest absolute Gasteiger partial charge is 0.302 e. The van der Waals surface area contributed by atoms with Gasteiger partial charge in [-0.15, -0.1) is 0 Å². The summed E-state index contributed by atoms with van der Waals surface area (Å²) in [6.45, 7) is 1.79. The molecule has 1 aromatic heterocycles. The number of aromatic amines is 2. The number of nitrogens with zero attached hydrogens (tertiary/aromatic N) is 1. The highest BCUT2D eigenvalue weighted by molar-refractivity contribution is 9.12. The summed E-state index contributed by atoms with van der Waals surface area (Å²) >= 11 is 3.37. The van der Waals surface area contributed by atoms with Gasteiger partial charge in [0, 0.05) is 22.2 Å². The molecule has 3 N–H and O–H groups in total. The van der Waals surface area contributed by atoms with Gasteiger partial charge in [0.2, 0.25) is 5.91 Å². The van der Waals surface area contributed by atoms with E-state index >= 15 is 0 Å². The molecule has 0 aliphatic heterocycles. The fourth-order valence-electron chi connectivity index (χ4n) is 1.98. The Morgan fingerprint density at radius 1 is 1.30 bits per heavy atom. The first-order chi connectivity index (χ1) is 11.1. The molecule has 2 aromatic rings. The Hall–Kier alpha value is -2.41. The van der Waals surface area contributed by atoms with Crippen molar-refractivity contribution in [3.05, 3.63) is 62.0 Å². The number of aryl methyl sites for hydroxylation is 1. The van der Waals surface area contributed by atoms with Gasteiger partial charge in [0.1, 0.15) is 0 Å². The topological polar surface area (TPSA) is 90.1 Å². The standard InChI is InChI=1S/C16H17BrN4O2/c1-11-14(16(23)21-19-11)7-8-15(22)20-18-10-13(17)9-12-5-3-2-4-6-12/h2-6,9-10H,7-8H2,1H3,(H,20,22)(H2,19,21,23)/b13-9-,18-10+. The van der Waals surface area contributed by atoms with Crippen LogP contribution in [-0.4, -0.2) is 22.3 Å². The molecule has 0 bridgehead atoms. The lowest BCUT2D eigenvalue weighted by molar-refractivity contribution is -0.121. The summed E-state index contributed by atoms with van der Waals surface area (Å²) in [6, 6.07) is 9.75. The second kappa shape index (κ2) is 8.28. The van der Waals surface area contributed by atoms with Crippen LogP contribution in [0.25, 0.3) is 6.08 Å². The normalized spacial score (nSPS) is 11.8. The number of rotatable bonds is 6. The smallest absolute Gasteiger partial charge is 0.267 e. The van der Waals surface area contributed by atoms with Gasteiger partial charge in [-0.2, -0.15) is 5.10 Å². The van der Waals surface area contributed by atoms with E-state index in [1.807, 2.05) is 36.4 Å². The Labute approximate surface area is 141 Å². The predicted molar refractivity (Wildman–Crippen MR) is 94.5 cm³/mol. The number of hydrogen-bond donors (Lipinski definition) is 3. The molecule has 1 amide bonds. The predicted octanol–water partition coefficient (Wildman–Crippen LogP) is 2.48. The summed E-state index contributed by atoms with van der Waals surface area (Å²) in [4.78, 5) is 23.2. The van der Waals surface area contributed by atoms with Gasteiger partial charge >= 0.3 is 0 Å². The van der Waals surface area contributed by atoms with Crippen LogP contribution in [-0.2, 0) is 11.2 Å². The zero-order valence-electron chi connectivity index (χ0n) is 12.6. The number of aromatic nitrogens is 2. The van der Waals surface area contributed by atoms with Gasteiger partial charge in [0.05, 0.1) is 6.21 Å². The summed E-state index contributed by atoms with van der Waals surface area (Å²) in [6.07, 6.45) is 3.96. The van der Waals surface area contributed by atoms with E-state index in [1.54, 1.807) is 6.92 Å². The average molecular weight is 377 g/mol. The molecule has 0 spiro atoms. The molecule has 6 nitrogen and oxygen atoms in total. The van der Waals surface area contributed by atoms with E-state index in [-0.39, 0.29) is 17.9 Å². The summed E-state index contributed by atoms with van der Waals surface area (Å²) in [5, 5.41) is 9.09. The van der Waals surface area contributed by atoms with Crippen LogP contribution in [0.2, 0.25) is 0 Å². The Bertz CT molecular complexity index is 775. The van der Waals surface area contributed by atoms with Crippen molar-refractivity contribution in [1.82, 2.24) is 15.6 Å². The quantitative estimate of drug-likeness (QED) is 0.533. The van der Waals surface area contributed by atoms with Crippen LogP contribution in [0.15, 0.2) is 44.7 Å². The molecule has 23 heavy (non-hydrogen) atoms. The highest BCUT2D eigenvalue weighted by atomic mass is 79.9. The van der Waals surface area contributed by atoms with Gasteiger partial charge in [-0.3, -0.25) is 14.7 Å². The molecular formula is C16H17BrN4O2. The zero-order chi connectivity index (χ0) is 16.7. The Kier molecular flexibility index (Phi) is 6.10. The van der Waals surface area contributed by atoms with Crippen molar-refractivity contribution in [2.75, 3.05) is 0 Å². The molecule has 0 fully saturated rings. The number of halogens is 1. The molecule has 7 heteroatoms. The second-order valence-corrected chi connectivity index (χ2v) is 5.83. The number of amides is 1. The molecule has 0 saturated carbocycles. The van der Waals surface area contributed by atoms with Crippen LogP contribution in [0.5, 0.6) is 0 Å². The monoisotopic (exact) mass is 376 g/mol. The third-order valence-corrected chi connectivity index (χ3v) is 3.61. The third kappa shape index (κ3) is 5.37. The Balaban J connectivity index is 1.82. The number of hydrazone groups is 1. The van der Waals surface area contributed by atoms with Gasteiger partial charge < -0.3 is 5.10 Å². The van der Waals surface area contributed by atoms with Crippen molar-refractivity contribution in [3.63, 3.8) is 0 Å². The number of allylic oxidation sites excluding steroid dienone is 1. The first-order valence-electron chi connectivity index (χ1n) is 7.06. The summed E-state index contributed by atoms with van der Waals surface area (Å²) in [5.41, 5.74) is 4.62. The van der Waals surface area contributed by atoms with Crippen molar-refractivity contribution < 1.29 is 4.79 Å². The van der Waals surface area contributed by atoms with Crippen molar-refractivity contribution in [1.29, 1.82) is 0 Å². The van der Waals surface area contributed by atoms with Gasteiger partial charge in [-0.05, 0) is 40.9 Å². The van der Waals surface area contributed by atoms with Gasteiger partial charge in [-0.25, -0.2) is 5.43 Å². The average Bonchev–Trinajstić information content (AvgIpc) is 2.85. The van der Waals surface area contributed by atoms with Crippen LogP contribution in [0, 0.1) is 6.92 Å². The molecule has 0 saturated heterocycles. The molecule has 2 rings (SSSR count). The van der Waals surface area contributed by atoms with Gasteiger partial charge in [-0.1, -0.05) is 30.3 Å². The van der Waals surface area contributed by atoms with Gasteiger partial charge in [0.25, 0.3) is 5.56 Å². The van der Waals surface area contributed by atoms with E-state index in [0.29, 0.717) is 12.0 Å². The number of nitrogens with one attached hydrogen (secondary N) is 3. The van der Waals surface area contributed by atoms with Crippen molar-refractivity contribution in [2.24, 2.45) is 5.10 Å². The second-order valence-electron chi connectivity index (χ2n) is 4.92. The minimum Gasteiger partial charge on any atom is -0.302 e. The number of carbonyl (C=O) groups is 1. The van der Waals surface area contributed by atoms with Crippen molar-refractivity contribution in [3.8, 4) is 0 Å². The third-order valence-electron chi connectivity index (χ3n) is 3.17. The summed E-state index contributed by atoms with van der Waals surface area (Å²) in [7, 11) is 0. The summed E-state index contributed by atoms with van der Waals surface area (Å²) in [5.74, 6) is -0.249. The molecule has 1 heterocycles. The molecule has 0 aliphatic rings. The van der Waals surface area contributed by atoms with Crippen molar-refractivity contribution >= 4 is 34.1 Å². The number of H-pyrrole nitrogens is 2. The molecule has 0 radical (unpaired) electrons. The number of benzene rings is 1. The maximum Gasteiger partial charge on any atom is 0.267 e. The molecule has 120 valence electrons. The van der Waals surface area contributed by atoms with E-state index in [4.69, 9.17) is 0 Å². The first kappa shape index (κ1) is 17.0. The fourth-order valence-corrected chi connectivity index (χ4v) is 2.35. The Morgan fingerprint density at radius 3 is 2.70 bits per heavy atom. The zero-order valence-corrected chi connectivity index (χ0v) is 14.2. The number of carbonyl (C=O) groups excluding carboxylic acids is 1. The fraction of sp³-hybridized carbons (Fsp3) is 0.188. The maximum atomic E-state index is 11.7. The highest BCUT2D eigenvalue weighted by Gasteiger charge is 2.08. The molecule has 0 aliphatic carbocycles. The van der Waals surface area contributed by atoms with Gasteiger partial charge in [0.15, 0.2) is 0 Å². The lowest BCUT2D eigenvalue weighted by Gasteiger charge is -1.99. The Morgan fingerprint density at radius 2 is 2.04 bits per heavy atom. The summed E-state index contributed by atoms with van der Waals surface area (Å²) < 4.78 is 0.738. The van der Waals surface area contributed by atoms with Crippen LogP contribution in [0.1, 0.15) is 23.2 Å². The lowest BCUT2D eigenvalue weighted by atomic mass is 10.1. The van der Waals surface area contributed by atoms with E-state index in [2.05, 4.69) is 36.7 Å². The van der Waals surface area contributed by atoms with E-state index < -0.39 is 0 Å². The van der Waals surface area contributed by atoms with E-state index in [9.17, 15) is 9.59 Å².